The van der Waals surface area contributed by atoms with Crippen molar-refractivity contribution < 1.29 is 14.6 Å². The van der Waals surface area contributed by atoms with E-state index in [1.807, 2.05) is 31.2 Å². The minimum absolute atomic E-state index is 0.0187. The summed E-state index contributed by atoms with van der Waals surface area (Å²) in [5, 5.41) is 16.1. The molecule has 1 aromatic carbocycles. The summed E-state index contributed by atoms with van der Waals surface area (Å²) in [6.45, 7) is 8.61. The second-order valence-corrected chi connectivity index (χ2v) is 7.45. The molecule has 0 fully saturated rings. The van der Waals surface area contributed by atoms with Crippen molar-refractivity contribution in [3.05, 3.63) is 29.8 Å². The van der Waals surface area contributed by atoms with Crippen molar-refractivity contribution in [3.8, 4) is 5.75 Å². The molecule has 7 nitrogen and oxygen atoms in total. The van der Waals surface area contributed by atoms with E-state index in [2.05, 4.69) is 29.5 Å². The minimum Gasteiger partial charge on any atom is -0.484 e. The number of rotatable bonds is 12. The van der Waals surface area contributed by atoms with Gasteiger partial charge in [-0.2, -0.15) is 0 Å². The van der Waals surface area contributed by atoms with E-state index in [9.17, 15) is 9.90 Å². The first-order chi connectivity index (χ1) is 13.9. The molecule has 0 unspecified atom stereocenters. The summed E-state index contributed by atoms with van der Waals surface area (Å²) >= 11 is 0. The molecule has 0 aliphatic heterocycles. The molecule has 0 atom stereocenters. The van der Waals surface area contributed by atoms with Crippen LogP contribution >= 0.6 is 0 Å². The number of carbonyl (C=O) groups is 1. The summed E-state index contributed by atoms with van der Waals surface area (Å²) in [4.78, 5) is 17.9. The van der Waals surface area contributed by atoms with Gasteiger partial charge in [0.1, 0.15) is 5.75 Å². The Kier molecular flexibility index (Phi) is 11.1. The number of aliphatic hydroxyl groups excluding tert-OH is 1. The fourth-order valence-electron chi connectivity index (χ4n) is 2.97. The zero-order chi connectivity index (χ0) is 21.7. The zero-order valence-corrected chi connectivity index (χ0v) is 18.6. The Labute approximate surface area is 175 Å². The highest BCUT2D eigenvalue weighted by Crippen LogP contribution is 2.29. The van der Waals surface area contributed by atoms with Gasteiger partial charge in [0.2, 0.25) is 0 Å². The van der Waals surface area contributed by atoms with Crippen LogP contribution in [0.3, 0.4) is 0 Å². The fraction of sp³-hybridized carbons (Fsp3) is 0.636. The monoisotopic (exact) mass is 406 g/mol. The molecule has 164 valence electrons. The van der Waals surface area contributed by atoms with E-state index in [4.69, 9.17) is 4.74 Å². The van der Waals surface area contributed by atoms with Crippen LogP contribution in [0.2, 0.25) is 0 Å². The van der Waals surface area contributed by atoms with Crippen molar-refractivity contribution in [3.63, 3.8) is 0 Å². The number of nitrogens with zero attached hydrogens (tertiary/aromatic N) is 2. The van der Waals surface area contributed by atoms with Crippen molar-refractivity contribution in [1.29, 1.82) is 0 Å². The summed E-state index contributed by atoms with van der Waals surface area (Å²) in [6.07, 6.45) is 2.78. The second-order valence-electron chi connectivity index (χ2n) is 7.45. The molecule has 1 amide bonds. The maximum absolute atomic E-state index is 11.7. The molecule has 0 radical (unpaired) electrons. The Morgan fingerprint density at radius 1 is 1.21 bits per heavy atom. The van der Waals surface area contributed by atoms with E-state index >= 15 is 0 Å². The van der Waals surface area contributed by atoms with E-state index in [0.29, 0.717) is 12.3 Å². The Hall–Kier alpha value is -2.28. The largest absolute Gasteiger partial charge is 0.484 e. The molecule has 1 rings (SSSR count). The van der Waals surface area contributed by atoms with Gasteiger partial charge in [0.15, 0.2) is 12.6 Å². The molecular formula is C22H38N4O3. The third-order valence-electron chi connectivity index (χ3n) is 5.30. The molecule has 0 heterocycles. The molecule has 0 aliphatic rings. The predicted octanol–water partition coefficient (Wildman–Crippen LogP) is 2.40. The second kappa shape index (κ2) is 13.0. The molecule has 0 bridgehead atoms. The van der Waals surface area contributed by atoms with Gasteiger partial charge in [-0.15, -0.1) is 0 Å². The fourth-order valence-corrected chi connectivity index (χ4v) is 2.97. The Bertz CT molecular complexity index is 643. The van der Waals surface area contributed by atoms with Gasteiger partial charge in [-0.3, -0.25) is 4.79 Å². The van der Waals surface area contributed by atoms with Crippen LogP contribution in [0.4, 0.5) is 0 Å². The predicted molar refractivity (Wildman–Crippen MR) is 118 cm³/mol. The third-order valence-corrected chi connectivity index (χ3v) is 5.30. The first-order valence-corrected chi connectivity index (χ1v) is 10.4. The van der Waals surface area contributed by atoms with Gasteiger partial charge in [0.05, 0.1) is 6.54 Å². The van der Waals surface area contributed by atoms with Crippen molar-refractivity contribution in [2.75, 3.05) is 40.4 Å². The molecule has 7 heteroatoms. The third kappa shape index (κ3) is 8.73. The van der Waals surface area contributed by atoms with Crippen LogP contribution in [0, 0.1) is 5.41 Å². The van der Waals surface area contributed by atoms with E-state index in [0.717, 1.165) is 43.9 Å². The maximum atomic E-state index is 11.7. The summed E-state index contributed by atoms with van der Waals surface area (Å²) in [5.41, 5.74) is 1.07. The standard InChI is InChI=1S/C22H38N4O3/c1-6-22(7-2,12-13-27)17-25-21(23-8-3)24-15-18-10-9-11-19(14-18)29-16-20(28)26(4)5/h9-11,14,27H,6-8,12-13,15-17H2,1-5H3,(H2,23,24,25). The number of guanidine groups is 1. The van der Waals surface area contributed by atoms with Crippen LogP contribution in [-0.4, -0.2) is 62.3 Å². The Morgan fingerprint density at radius 2 is 1.93 bits per heavy atom. The van der Waals surface area contributed by atoms with Gasteiger partial charge >= 0.3 is 0 Å². The number of nitrogens with one attached hydrogen (secondary N) is 2. The molecule has 0 saturated heterocycles. The van der Waals surface area contributed by atoms with Gasteiger partial charge in [-0.25, -0.2) is 4.99 Å². The normalized spacial score (nSPS) is 11.9. The lowest BCUT2D eigenvalue weighted by Gasteiger charge is -2.32. The van der Waals surface area contributed by atoms with Gasteiger partial charge in [0.25, 0.3) is 5.91 Å². The molecule has 0 saturated carbocycles. The van der Waals surface area contributed by atoms with Gasteiger partial charge in [-0.1, -0.05) is 26.0 Å². The number of amides is 1. The Balaban J connectivity index is 2.75. The highest BCUT2D eigenvalue weighted by Gasteiger charge is 2.25. The summed E-state index contributed by atoms with van der Waals surface area (Å²) < 4.78 is 5.58. The van der Waals surface area contributed by atoms with Crippen LogP contribution in [0.15, 0.2) is 29.3 Å². The lowest BCUT2D eigenvalue weighted by atomic mass is 9.79. The molecule has 0 aromatic heterocycles. The van der Waals surface area contributed by atoms with Crippen LogP contribution < -0.4 is 15.4 Å². The number of carbonyl (C=O) groups excluding carboxylic acids is 1. The first-order valence-electron chi connectivity index (χ1n) is 10.4. The number of hydrogen-bond donors (Lipinski definition) is 3. The lowest BCUT2D eigenvalue weighted by Crippen LogP contribution is -2.43. The first kappa shape index (κ1) is 24.8. The van der Waals surface area contributed by atoms with E-state index in [1.165, 1.54) is 4.90 Å². The maximum Gasteiger partial charge on any atom is 0.259 e. The summed E-state index contributed by atoms with van der Waals surface area (Å²) in [6, 6.07) is 7.64. The molecule has 0 aliphatic carbocycles. The smallest absolute Gasteiger partial charge is 0.259 e. The summed E-state index contributed by atoms with van der Waals surface area (Å²) in [7, 11) is 3.41. The van der Waals surface area contributed by atoms with E-state index in [-0.39, 0.29) is 24.5 Å². The molecule has 1 aromatic rings. The van der Waals surface area contributed by atoms with Crippen LogP contribution in [-0.2, 0) is 11.3 Å². The molecule has 3 N–H and O–H groups in total. The van der Waals surface area contributed by atoms with Gasteiger partial charge in [-0.05, 0) is 49.3 Å². The minimum atomic E-state index is -0.0785. The number of aliphatic imine (C=N–C) groups is 1. The van der Waals surface area contributed by atoms with Crippen molar-refractivity contribution in [1.82, 2.24) is 15.5 Å². The number of likely N-dealkylation sites (N-methyl/N-ethyl adjacent to an activating group) is 1. The van der Waals surface area contributed by atoms with Crippen LogP contribution in [0.5, 0.6) is 5.75 Å². The average Bonchev–Trinajstić information content (AvgIpc) is 2.73. The SMILES string of the molecule is CCNC(=NCc1cccc(OCC(=O)N(C)C)c1)NCC(CC)(CC)CCO. The van der Waals surface area contributed by atoms with Crippen LogP contribution in [0.25, 0.3) is 0 Å². The van der Waals surface area contributed by atoms with Gasteiger partial charge in [0, 0.05) is 33.8 Å². The highest BCUT2D eigenvalue weighted by atomic mass is 16.5. The lowest BCUT2D eigenvalue weighted by molar-refractivity contribution is -0.130. The highest BCUT2D eigenvalue weighted by molar-refractivity contribution is 5.79. The number of benzene rings is 1. The topological polar surface area (TPSA) is 86.2 Å². The average molecular weight is 407 g/mol. The van der Waals surface area contributed by atoms with Crippen molar-refractivity contribution >= 4 is 11.9 Å². The van der Waals surface area contributed by atoms with Crippen LogP contribution in [0.1, 0.15) is 45.6 Å². The molecule has 29 heavy (non-hydrogen) atoms. The summed E-state index contributed by atoms with van der Waals surface area (Å²) in [5.74, 6) is 1.33. The van der Waals surface area contributed by atoms with Crippen molar-refractivity contribution in [2.24, 2.45) is 10.4 Å². The number of aliphatic hydroxyl groups is 1. The van der Waals surface area contributed by atoms with Gasteiger partial charge < -0.3 is 25.4 Å². The quantitative estimate of drug-likeness (QED) is 0.367. The Morgan fingerprint density at radius 3 is 2.52 bits per heavy atom. The number of ether oxygens (including phenoxy) is 1. The van der Waals surface area contributed by atoms with E-state index < -0.39 is 0 Å². The molecular weight excluding hydrogens is 368 g/mol. The van der Waals surface area contributed by atoms with Crippen molar-refractivity contribution in [2.45, 2.75) is 46.6 Å². The number of hydrogen-bond acceptors (Lipinski definition) is 4. The molecule has 0 spiro atoms. The zero-order valence-electron chi connectivity index (χ0n) is 18.6. The van der Waals surface area contributed by atoms with E-state index in [1.54, 1.807) is 14.1 Å².